The maximum atomic E-state index is 5.35. The zero-order chi connectivity index (χ0) is 6.27. The van der Waals surface area contributed by atoms with Crippen molar-refractivity contribution in [2.45, 2.75) is 25.3 Å². The highest BCUT2D eigenvalue weighted by atomic mass is 16.7. The standard InChI is InChI=1S/C7H13NO/c1-8-7-4-2-3-6(7)5-9-8/h6-7H,2-5H2,1H3/t6-,7-/m0/s1. The van der Waals surface area contributed by atoms with E-state index in [1.54, 1.807) is 0 Å². The molecule has 0 aromatic carbocycles. The molecule has 1 aliphatic heterocycles. The van der Waals surface area contributed by atoms with Gasteiger partial charge in [-0.15, -0.1) is 0 Å². The monoisotopic (exact) mass is 127 g/mol. The lowest BCUT2D eigenvalue weighted by Gasteiger charge is -2.14. The molecule has 0 amide bonds. The second-order valence-corrected chi connectivity index (χ2v) is 3.10. The Balaban J connectivity index is 2.07. The number of hydroxylamine groups is 2. The van der Waals surface area contributed by atoms with Gasteiger partial charge in [-0.05, 0) is 12.8 Å². The minimum absolute atomic E-state index is 0.755. The maximum Gasteiger partial charge on any atom is 0.0729 e. The molecule has 0 spiro atoms. The van der Waals surface area contributed by atoms with Crippen LogP contribution in [0.15, 0.2) is 0 Å². The third-order valence-electron chi connectivity index (χ3n) is 2.58. The van der Waals surface area contributed by atoms with Crippen molar-refractivity contribution in [2.75, 3.05) is 13.7 Å². The Kier molecular flexibility index (Phi) is 1.24. The van der Waals surface area contributed by atoms with Crippen molar-refractivity contribution in [3.05, 3.63) is 0 Å². The van der Waals surface area contributed by atoms with Gasteiger partial charge >= 0.3 is 0 Å². The molecule has 0 N–H and O–H groups in total. The van der Waals surface area contributed by atoms with Gasteiger partial charge in [0.2, 0.25) is 0 Å². The summed E-state index contributed by atoms with van der Waals surface area (Å²) in [5.41, 5.74) is 0. The Morgan fingerprint density at radius 3 is 3.11 bits per heavy atom. The fraction of sp³-hybridized carbons (Fsp3) is 1.00. The van der Waals surface area contributed by atoms with E-state index in [2.05, 4.69) is 7.05 Å². The van der Waals surface area contributed by atoms with E-state index in [9.17, 15) is 0 Å². The van der Waals surface area contributed by atoms with Crippen molar-refractivity contribution in [2.24, 2.45) is 5.92 Å². The molecule has 52 valence electrons. The van der Waals surface area contributed by atoms with E-state index in [-0.39, 0.29) is 0 Å². The predicted octanol–water partition coefficient (Wildman–Crippen LogP) is 1.03. The van der Waals surface area contributed by atoms with Crippen molar-refractivity contribution in [3.63, 3.8) is 0 Å². The average molecular weight is 127 g/mol. The summed E-state index contributed by atoms with van der Waals surface area (Å²) in [5.74, 6) is 0.856. The number of rotatable bonds is 0. The van der Waals surface area contributed by atoms with E-state index >= 15 is 0 Å². The summed E-state index contributed by atoms with van der Waals surface area (Å²) in [6.45, 7) is 0.973. The van der Waals surface area contributed by atoms with E-state index in [4.69, 9.17) is 4.84 Å². The molecule has 2 aliphatic rings. The Morgan fingerprint density at radius 1 is 1.44 bits per heavy atom. The van der Waals surface area contributed by atoms with Crippen molar-refractivity contribution < 1.29 is 4.84 Å². The molecule has 0 unspecified atom stereocenters. The normalized spacial score (nSPS) is 43.7. The van der Waals surface area contributed by atoms with E-state index in [0.717, 1.165) is 18.6 Å². The zero-order valence-corrected chi connectivity index (χ0v) is 5.84. The Bertz CT molecular complexity index is 115. The summed E-state index contributed by atoms with van der Waals surface area (Å²) in [6.07, 6.45) is 4.14. The first kappa shape index (κ1) is 5.69. The quantitative estimate of drug-likeness (QED) is 0.482. The molecular formula is C7H13NO. The van der Waals surface area contributed by atoms with Gasteiger partial charge in [0, 0.05) is 19.0 Å². The van der Waals surface area contributed by atoms with Gasteiger partial charge in [0.1, 0.15) is 0 Å². The van der Waals surface area contributed by atoms with E-state index in [0.29, 0.717) is 0 Å². The Hall–Kier alpha value is -0.0800. The molecule has 1 aliphatic carbocycles. The molecule has 1 saturated carbocycles. The van der Waals surface area contributed by atoms with Crippen molar-refractivity contribution in [3.8, 4) is 0 Å². The highest BCUT2D eigenvalue weighted by Gasteiger charge is 2.36. The molecule has 0 bridgehead atoms. The molecule has 2 fully saturated rings. The third kappa shape index (κ3) is 0.775. The van der Waals surface area contributed by atoms with Gasteiger partial charge in [0.05, 0.1) is 6.61 Å². The lowest BCUT2D eigenvalue weighted by atomic mass is 10.1. The first-order chi connectivity index (χ1) is 4.38. The van der Waals surface area contributed by atoms with Gasteiger partial charge in [0.15, 0.2) is 0 Å². The molecule has 2 atom stereocenters. The van der Waals surface area contributed by atoms with Gasteiger partial charge < -0.3 is 0 Å². The van der Waals surface area contributed by atoms with Crippen LogP contribution in [0.4, 0.5) is 0 Å². The van der Waals surface area contributed by atoms with Crippen LogP contribution in [0.3, 0.4) is 0 Å². The highest BCUT2D eigenvalue weighted by molar-refractivity contribution is 4.84. The summed E-state index contributed by atoms with van der Waals surface area (Å²) in [7, 11) is 2.05. The Morgan fingerprint density at radius 2 is 2.33 bits per heavy atom. The molecular weight excluding hydrogens is 114 g/mol. The van der Waals surface area contributed by atoms with Crippen LogP contribution in [0.1, 0.15) is 19.3 Å². The molecule has 9 heavy (non-hydrogen) atoms. The van der Waals surface area contributed by atoms with Gasteiger partial charge in [0.25, 0.3) is 0 Å². The minimum atomic E-state index is 0.755. The fourth-order valence-electron chi connectivity index (χ4n) is 2.00. The first-order valence-electron chi connectivity index (χ1n) is 3.73. The first-order valence-corrected chi connectivity index (χ1v) is 3.73. The lowest BCUT2D eigenvalue weighted by Crippen LogP contribution is -2.24. The summed E-state index contributed by atoms with van der Waals surface area (Å²) in [5, 5.41) is 2.04. The third-order valence-corrected chi connectivity index (χ3v) is 2.58. The van der Waals surface area contributed by atoms with Crippen LogP contribution in [-0.2, 0) is 4.84 Å². The fourth-order valence-corrected chi connectivity index (χ4v) is 2.00. The second kappa shape index (κ2) is 1.96. The molecule has 0 radical (unpaired) electrons. The predicted molar refractivity (Wildman–Crippen MR) is 34.8 cm³/mol. The second-order valence-electron chi connectivity index (χ2n) is 3.10. The largest absolute Gasteiger partial charge is 0.299 e. The van der Waals surface area contributed by atoms with Crippen LogP contribution < -0.4 is 0 Å². The number of nitrogens with zero attached hydrogens (tertiary/aromatic N) is 1. The van der Waals surface area contributed by atoms with E-state index < -0.39 is 0 Å². The number of fused-ring (bicyclic) bond motifs is 1. The zero-order valence-electron chi connectivity index (χ0n) is 5.84. The van der Waals surface area contributed by atoms with Gasteiger partial charge in [-0.3, -0.25) is 4.84 Å². The smallest absolute Gasteiger partial charge is 0.0729 e. The van der Waals surface area contributed by atoms with Crippen LogP contribution in [-0.4, -0.2) is 24.8 Å². The maximum absolute atomic E-state index is 5.35. The van der Waals surface area contributed by atoms with Crippen molar-refractivity contribution >= 4 is 0 Å². The van der Waals surface area contributed by atoms with Crippen LogP contribution in [0.25, 0.3) is 0 Å². The summed E-state index contributed by atoms with van der Waals surface area (Å²) in [4.78, 5) is 5.35. The van der Waals surface area contributed by atoms with Crippen LogP contribution in [0.5, 0.6) is 0 Å². The van der Waals surface area contributed by atoms with Gasteiger partial charge in [-0.25, -0.2) is 0 Å². The number of hydrogen-bond donors (Lipinski definition) is 0. The number of hydrogen-bond acceptors (Lipinski definition) is 2. The van der Waals surface area contributed by atoms with Crippen LogP contribution in [0.2, 0.25) is 0 Å². The van der Waals surface area contributed by atoms with Crippen LogP contribution >= 0.6 is 0 Å². The van der Waals surface area contributed by atoms with Crippen LogP contribution in [0, 0.1) is 5.92 Å². The van der Waals surface area contributed by atoms with E-state index in [1.165, 1.54) is 19.3 Å². The molecule has 0 aromatic rings. The minimum Gasteiger partial charge on any atom is -0.299 e. The average Bonchev–Trinajstić information content (AvgIpc) is 2.35. The SMILES string of the molecule is CN1OC[C@@H]2CCC[C@@H]21. The molecule has 1 heterocycles. The molecule has 2 nitrogen and oxygen atoms in total. The molecule has 1 saturated heterocycles. The van der Waals surface area contributed by atoms with Crippen molar-refractivity contribution in [1.82, 2.24) is 5.06 Å². The summed E-state index contributed by atoms with van der Waals surface area (Å²) in [6, 6.07) is 0.755. The van der Waals surface area contributed by atoms with Gasteiger partial charge in [-0.2, -0.15) is 5.06 Å². The highest BCUT2D eigenvalue weighted by Crippen LogP contribution is 2.34. The Labute approximate surface area is 55.7 Å². The lowest BCUT2D eigenvalue weighted by molar-refractivity contribution is -0.110. The summed E-state index contributed by atoms with van der Waals surface area (Å²) >= 11 is 0. The summed E-state index contributed by atoms with van der Waals surface area (Å²) < 4.78 is 0. The molecule has 2 heteroatoms. The van der Waals surface area contributed by atoms with E-state index in [1.807, 2.05) is 5.06 Å². The molecule has 0 aromatic heterocycles. The van der Waals surface area contributed by atoms with Crippen molar-refractivity contribution in [1.29, 1.82) is 0 Å². The topological polar surface area (TPSA) is 12.5 Å². The molecule has 2 rings (SSSR count). The van der Waals surface area contributed by atoms with Gasteiger partial charge in [-0.1, -0.05) is 6.42 Å².